The topological polar surface area (TPSA) is 240 Å². The summed E-state index contributed by atoms with van der Waals surface area (Å²) in [6, 6.07) is -1.07. The van der Waals surface area contributed by atoms with Crippen molar-refractivity contribution in [2.24, 2.45) is 28.8 Å². The zero-order chi connectivity index (χ0) is 49.7. The Morgan fingerprint density at radius 1 is 0.923 bits per heavy atom. The van der Waals surface area contributed by atoms with Gasteiger partial charge < -0.3 is 68.3 Å². The Labute approximate surface area is 385 Å². The second-order valence-corrected chi connectivity index (χ2v) is 20.4. The largest absolute Gasteiger partial charge is 0.459 e. The number of aliphatic hydroxyl groups excluding tert-OH is 1. The van der Waals surface area contributed by atoms with Crippen molar-refractivity contribution < 1.29 is 77.2 Å². The smallest absolute Gasteiger partial charge is 0.408 e. The number of cyclic esters (lactones) is 1. The molecule has 4 N–H and O–H groups in total. The molecule has 0 unspecified atom stereocenters. The second-order valence-electron chi connectivity index (χ2n) is 20.4. The lowest BCUT2D eigenvalue weighted by atomic mass is 9.73. The molecule has 0 bridgehead atoms. The van der Waals surface area contributed by atoms with Crippen LogP contribution in [-0.4, -0.2) is 161 Å². The van der Waals surface area contributed by atoms with Crippen molar-refractivity contribution in [1.82, 2.24) is 10.2 Å². The molecule has 376 valence electrons. The number of hydrogen-bond acceptors (Lipinski definition) is 18. The first-order valence-electron chi connectivity index (χ1n) is 22.9. The quantitative estimate of drug-likeness (QED) is 0.104. The number of ether oxygens (including phenoxy) is 8. The highest BCUT2D eigenvalue weighted by atomic mass is 16.7. The lowest BCUT2D eigenvalue weighted by Gasteiger charge is -2.50. The van der Waals surface area contributed by atoms with Gasteiger partial charge in [0.1, 0.15) is 17.3 Å². The van der Waals surface area contributed by atoms with Crippen molar-refractivity contribution in [2.75, 3.05) is 21.2 Å². The van der Waals surface area contributed by atoms with E-state index in [1.807, 2.05) is 25.9 Å². The summed E-state index contributed by atoms with van der Waals surface area (Å²) in [5.41, 5.74) is -5.67. The predicted molar refractivity (Wildman–Crippen MR) is 237 cm³/mol. The van der Waals surface area contributed by atoms with E-state index in [9.17, 15) is 34.5 Å². The first-order chi connectivity index (χ1) is 29.8. The number of aliphatic hydroxyl groups is 3. The monoisotopic (exact) mass is 932 g/mol. The highest BCUT2D eigenvalue weighted by Gasteiger charge is 2.54. The lowest BCUT2D eigenvalue weighted by molar-refractivity contribution is -0.312. The molecule has 3 fully saturated rings. The first-order valence-corrected chi connectivity index (χ1v) is 22.9. The average Bonchev–Trinajstić information content (AvgIpc) is 3.17. The third-order valence-corrected chi connectivity index (χ3v) is 13.1. The molecule has 19 heteroatoms. The maximum Gasteiger partial charge on any atom is 0.408 e. The number of alkyl carbamates (subject to hydrolysis) is 1. The Morgan fingerprint density at radius 3 is 2.06 bits per heavy atom. The fraction of sp³-hybridized carbons (Fsp3) is 0.891. The number of esters is 2. The van der Waals surface area contributed by atoms with Crippen molar-refractivity contribution >= 4 is 29.7 Å². The molecular formula is C46H81N3O16. The normalized spacial score (nSPS) is 42.1. The number of hydrogen-bond donors (Lipinski definition) is 4. The maximum atomic E-state index is 14.6. The summed E-state index contributed by atoms with van der Waals surface area (Å²) < 4.78 is 50.2. The molecule has 18 atom stereocenters. The second kappa shape index (κ2) is 22.4. The van der Waals surface area contributed by atoms with E-state index < -0.39 is 125 Å². The number of carbonyl (C=O) groups excluding carboxylic acids is 4. The van der Waals surface area contributed by atoms with Crippen molar-refractivity contribution in [3.8, 4) is 0 Å². The zero-order valence-corrected chi connectivity index (χ0v) is 42.0. The molecule has 3 rings (SSSR count). The zero-order valence-electron chi connectivity index (χ0n) is 42.0. The minimum atomic E-state index is -2.05. The number of nitrogens with zero attached hydrogens (tertiary/aromatic N) is 2. The summed E-state index contributed by atoms with van der Waals surface area (Å²) in [5, 5.41) is 43.8. The van der Waals surface area contributed by atoms with Crippen LogP contribution in [0.25, 0.3) is 0 Å². The number of nitrogens with one attached hydrogen (secondary N) is 1. The minimum absolute atomic E-state index is 0.0485. The molecule has 0 aromatic heterocycles. The van der Waals surface area contributed by atoms with E-state index in [4.69, 9.17) is 42.7 Å². The van der Waals surface area contributed by atoms with Crippen LogP contribution in [-0.2, 0) is 57.1 Å². The number of amides is 1. The fourth-order valence-corrected chi connectivity index (χ4v) is 9.73. The van der Waals surface area contributed by atoms with Crippen LogP contribution in [0.4, 0.5) is 4.79 Å². The summed E-state index contributed by atoms with van der Waals surface area (Å²) in [4.78, 5) is 59.3. The summed E-state index contributed by atoms with van der Waals surface area (Å²) in [7, 11) is 5.20. The Balaban J connectivity index is 2.29. The molecule has 0 aromatic rings. The van der Waals surface area contributed by atoms with Gasteiger partial charge >= 0.3 is 24.0 Å². The molecule has 0 aromatic carbocycles. The molecule has 0 saturated carbocycles. The van der Waals surface area contributed by atoms with E-state index in [1.165, 1.54) is 34.8 Å². The SMILES string of the molecule is CC[C@H]1OC(=O)[C@H](C)[C@@H](O[C@H]2C[C@@](C)(OC)[C@H](NC(=O)OC(C)(C)C)[C@H](C)O2)[C@H](C)[C@@H](O[C@@H]2O[C@H](C)C[C@H](N(C)C)[C@H]2OC(C)=O)[C@](C)(O)C[C@@H](C)C(=NOC(C)=O)[C@H](C)[C@@H](O)[C@]1(C)O. The van der Waals surface area contributed by atoms with Crippen LogP contribution in [0.5, 0.6) is 0 Å². The van der Waals surface area contributed by atoms with Gasteiger partial charge in [0.05, 0.1) is 65.4 Å². The van der Waals surface area contributed by atoms with Gasteiger partial charge in [0.15, 0.2) is 18.7 Å². The molecule has 65 heavy (non-hydrogen) atoms. The van der Waals surface area contributed by atoms with E-state index in [-0.39, 0.29) is 37.1 Å². The van der Waals surface area contributed by atoms with Crippen LogP contribution in [0.2, 0.25) is 0 Å². The molecule has 3 aliphatic heterocycles. The number of likely N-dealkylation sites (N-methyl/N-ethyl adjacent to an activating group) is 1. The van der Waals surface area contributed by atoms with E-state index in [0.29, 0.717) is 6.42 Å². The van der Waals surface area contributed by atoms with Crippen LogP contribution in [0.1, 0.15) is 130 Å². The van der Waals surface area contributed by atoms with Crippen molar-refractivity contribution in [2.45, 2.75) is 219 Å². The van der Waals surface area contributed by atoms with Gasteiger partial charge in [0.25, 0.3) is 0 Å². The van der Waals surface area contributed by atoms with Gasteiger partial charge in [-0.05, 0) is 95.7 Å². The van der Waals surface area contributed by atoms with E-state index in [2.05, 4.69) is 10.5 Å². The molecule has 0 aliphatic carbocycles. The number of rotatable bonds is 10. The fourth-order valence-electron chi connectivity index (χ4n) is 9.73. The third-order valence-electron chi connectivity index (χ3n) is 13.1. The average molecular weight is 932 g/mol. The van der Waals surface area contributed by atoms with Gasteiger partial charge in [-0.1, -0.05) is 32.9 Å². The summed E-state index contributed by atoms with van der Waals surface area (Å²) in [6.45, 7) is 24.3. The highest BCUT2D eigenvalue weighted by Crippen LogP contribution is 2.41. The van der Waals surface area contributed by atoms with Crippen LogP contribution >= 0.6 is 0 Å². The number of methoxy groups -OCH3 is 1. The molecular weight excluding hydrogens is 851 g/mol. The summed E-state index contributed by atoms with van der Waals surface area (Å²) >= 11 is 0. The third kappa shape index (κ3) is 14.3. The van der Waals surface area contributed by atoms with Crippen molar-refractivity contribution in [1.29, 1.82) is 0 Å². The van der Waals surface area contributed by atoms with Gasteiger partial charge in [0.2, 0.25) is 0 Å². The van der Waals surface area contributed by atoms with Crippen molar-refractivity contribution in [3.05, 3.63) is 0 Å². The van der Waals surface area contributed by atoms with E-state index in [0.717, 1.165) is 0 Å². The number of carbonyl (C=O) groups is 4. The van der Waals surface area contributed by atoms with Gasteiger partial charge in [0, 0.05) is 45.1 Å². The van der Waals surface area contributed by atoms with Crippen LogP contribution < -0.4 is 5.32 Å². The van der Waals surface area contributed by atoms with Gasteiger partial charge in [-0.25, -0.2) is 9.59 Å². The summed E-state index contributed by atoms with van der Waals surface area (Å²) in [5.74, 6) is -5.96. The molecule has 1 amide bonds. The molecule has 0 radical (unpaired) electrons. The van der Waals surface area contributed by atoms with Crippen LogP contribution in [0.3, 0.4) is 0 Å². The summed E-state index contributed by atoms with van der Waals surface area (Å²) in [6.07, 6.45) is -9.90. The Hall–Kier alpha value is -3.01. The standard InChI is InChI=1S/C46H81N3O16/c1-19-32-46(15,56)38(52)25(4)34(48-65-30(9)51)23(2)21-44(13,55)39(63-41-36(60-29(8)50)31(49(16)17)20-24(3)58-41)26(5)35(27(6)40(53)61-32)62-33-22-45(14,57-18)37(28(7)59-33)47-42(54)64-43(10,11)12/h23-28,31-33,35-39,41,52,55-56H,19-22H2,1-18H3,(H,47,54)/t23-,24-,25+,26+,27-,28+,31+,32-,33+,35+,36-,37-,38-,39-,41+,44-,45-,46-/m1/s1. The van der Waals surface area contributed by atoms with Crippen LogP contribution in [0, 0.1) is 23.7 Å². The number of oxime groups is 1. The lowest BCUT2D eigenvalue weighted by Crippen LogP contribution is -2.64. The Bertz CT molecular complexity index is 1650. The van der Waals surface area contributed by atoms with Gasteiger partial charge in [-0.3, -0.25) is 9.59 Å². The Morgan fingerprint density at radius 2 is 1.54 bits per heavy atom. The van der Waals surface area contributed by atoms with Gasteiger partial charge in [-0.15, -0.1) is 0 Å². The maximum absolute atomic E-state index is 14.6. The molecule has 0 spiro atoms. The van der Waals surface area contributed by atoms with E-state index in [1.54, 1.807) is 69.2 Å². The Kier molecular flexibility index (Phi) is 19.4. The molecule has 3 saturated heterocycles. The molecule has 3 aliphatic rings. The highest BCUT2D eigenvalue weighted by molar-refractivity contribution is 5.89. The minimum Gasteiger partial charge on any atom is -0.459 e. The molecule has 19 nitrogen and oxygen atoms in total. The molecule has 3 heterocycles. The van der Waals surface area contributed by atoms with Gasteiger partial charge in [-0.2, -0.15) is 0 Å². The van der Waals surface area contributed by atoms with Crippen molar-refractivity contribution in [3.63, 3.8) is 0 Å². The first kappa shape index (κ1) is 56.3. The van der Waals surface area contributed by atoms with E-state index >= 15 is 0 Å². The predicted octanol–water partition coefficient (Wildman–Crippen LogP) is 4.24. The van der Waals surface area contributed by atoms with Crippen LogP contribution in [0.15, 0.2) is 5.16 Å².